The molecule has 0 spiro atoms. The Labute approximate surface area is 127 Å². The molecule has 0 bridgehead atoms. The molecule has 1 aromatic carbocycles. The Morgan fingerprint density at radius 1 is 1.43 bits per heavy atom. The highest BCUT2D eigenvalue weighted by Gasteiger charge is 2.23. The molecule has 114 valence electrons. The van der Waals surface area contributed by atoms with Crippen LogP contribution < -0.4 is 5.32 Å². The number of carbonyl (C=O) groups excluding carboxylic acids is 1. The van der Waals surface area contributed by atoms with Crippen LogP contribution in [-0.4, -0.2) is 56.0 Å². The lowest BCUT2D eigenvalue weighted by Gasteiger charge is -2.23. The second-order valence-electron chi connectivity index (χ2n) is 6.51. The average Bonchev–Trinajstić information content (AvgIpc) is 2.91. The van der Waals surface area contributed by atoms with Crippen LogP contribution in [0.3, 0.4) is 0 Å². The number of nitrogens with one attached hydrogen (secondary N) is 1. The van der Waals surface area contributed by atoms with E-state index in [-0.39, 0.29) is 5.91 Å². The normalized spacial score (nSPS) is 22.1. The first-order chi connectivity index (χ1) is 10.1. The van der Waals surface area contributed by atoms with Gasteiger partial charge in [0.25, 0.3) is 5.91 Å². The van der Waals surface area contributed by atoms with Crippen LogP contribution in [0.1, 0.15) is 27.9 Å². The molecular weight excluding hydrogens is 262 g/mol. The van der Waals surface area contributed by atoms with E-state index in [1.807, 2.05) is 18.0 Å². The molecule has 1 aromatic rings. The minimum Gasteiger partial charge on any atom is -0.341 e. The maximum Gasteiger partial charge on any atom is 0.253 e. The van der Waals surface area contributed by atoms with Crippen LogP contribution >= 0.6 is 0 Å². The van der Waals surface area contributed by atoms with Gasteiger partial charge in [0.15, 0.2) is 0 Å². The first kappa shape index (κ1) is 14.5. The summed E-state index contributed by atoms with van der Waals surface area (Å²) in [6.07, 6.45) is 2.26. The first-order valence-electron chi connectivity index (χ1n) is 7.90. The second-order valence-corrected chi connectivity index (χ2v) is 6.51. The van der Waals surface area contributed by atoms with Crippen molar-refractivity contribution in [3.63, 3.8) is 0 Å². The fourth-order valence-electron chi connectivity index (χ4n) is 3.48. The van der Waals surface area contributed by atoms with Crippen LogP contribution in [0.5, 0.6) is 0 Å². The Hall–Kier alpha value is -1.39. The van der Waals surface area contributed by atoms with Gasteiger partial charge in [-0.05, 0) is 62.2 Å². The van der Waals surface area contributed by atoms with Crippen molar-refractivity contribution in [3.8, 4) is 0 Å². The molecule has 4 nitrogen and oxygen atoms in total. The number of amides is 1. The summed E-state index contributed by atoms with van der Waals surface area (Å²) < 4.78 is 0. The third kappa shape index (κ3) is 3.27. The van der Waals surface area contributed by atoms with E-state index in [0.29, 0.717) is 5.92 Å². The number of hydrogen-bond donors (Lipinski definition) is 1. The highest BCUT2D eigenvalue weighted by Crippen LogP contribution is 2.19. The van der Waals surface area contributed by atoms with E-state index in [9.17, 15) is 4.79 Å². The van der Waals surface area contributed by atoms with E-state index >= 15 is 0 Å². The topological polar surface area (TPSA) is 35.6 Å². The smallest absolute Gasteiger partial charge is 0.253 e. The van der Waals surface area contributed by atoms with Crippen molar-refractivity contribution < 1.29 is 4.79 Å². The number of nitrogens with zero attached hydrogens (tertiary/aromatic N) is 2. The third-order valence-electron chi connectivity index (χ3n) is 4.71. The number of benzene rings is 1. The number of rotatable bonds is 3. The van der Waals surface area contributed by atoms with Crippen molar-refractivity contribution in [2.24, 2.45) is 5.92 Å². The fourth-order valence-corrected chi connectivity index (χ4v) is 3.48. The fraction of sp³-hybridized carbons (Fsp3) is 0.588. The van der Waals surface area contributed by atoms with Crippen molar-refractivity contribution in [1.29, 1.82) is 0 Å². The van der Waals surface area contributed by atoms with E-state index in [0.717, 1.165) is 44.7 Å². The minimum absolute atomic E-state index is 0.151. The van der Waals surface area contributed by atoms with Crippen molar-refractivity contribution >= 4 is 5.91 Å². The van der Waals surface area contributed by atoms with E-state index in [4.69, 9.17) is 0 Å². The molecule has 2 heterocycles. The van der Waals surface area contributed by atoms with Gasteiger partial charge in [-0.2, -0.15) is 0 Å². The van der Waals surface area contributed by atoms with Crippen LogP contribution in [-0.2, 0) is 13.0 Å². The van der Waals surface area contributed by atoms with Gasteiger partial charge in [-0.1, -0.05) is 6.07 Å². The van der Waals surface area contributed by atoms with Gasteiger partial charge in [-0.15, -0.1) is 0 Å². The molecular formula is C17H25N3O. The maximum atomic E-state index is 12.6. The predicted octanol–water partition coefficient (Wildman–Crippen LogP) is 1.36. The number of likely N-dealkylation sites (tertiary alicyclic amines) is 1. The molecule has 1 unspecified atom stereocenters. The Kier molecular flexibility index (Phi) is 4.27. The zero-order valence-corrected chi connectivity index (χ0v) is 13.1. The molecule has 2 aliphatic heterocycles. The van der Waals surface area contributed by atoms with Crippen LogP contribution in [0.25, 0.3) is 0 Å². The standard InChI is InChI=1S/C17H25N3O/c1-19-8-6-13(11-19)12-20(2)17(21)15-4-3-14-5-7-18-10-16(14)9-15/h3-4,9,13,18H,5-8,10-12H2,1-2H3. The average molecular weight is 287 g/mol. The summed E-state index contributed by atoms with van der Waals surface area (Å²) in [4.78, 5) is 16.8. The molecule has 4 heteroatoms. The van der Waals surface area contributed by atoms with Gasteiger partial charge in [0.2, 0.25) is 0 Å². The summed E-state index contributed by atoms with van der Waals surface area (Å²) in [7, 11) is 4.08. The van der Waals surface area contributed by atoms with Crippen molar-refractivity contribution in [3.05, 3.63) is 34.9 Å². The molecule has 1 amide bonds. The summed E-state index contributed by atoms with van der Waals surface area (Å²) in [5.74, 6) is 0.765. The number of carbonyl (C=O) groups is 1. The molecule has 2 aliphatic rings. The Morgan fingerprint density at radius 3 is 3.05 bits per heavy atom. The summed E-state index contributed by atoms with van der Waals surface area (Å²) in [5.41, 5.74) is 3.48. The SMILES string of the molecule is CN1CCC(CN(C)C(=O)c2ccc3c(c2)CNCC3)C1. The first-order valence-corrected chi connectivity index (χ1v) is 7.90. The second kappa shape index (κ2) is 6.16. The summed E-state index contributed by atoms with van der Waals surface area (Å²) in [5, 5.41) is 3.37. The Bertz CT molecular complexity index is 529. The number of fused-ring (bicyclic) bond motifs is 1. The molecule has 0 radical (unpaired) electrons. The van der Waals surface area contributed by atoms with Crippen LogP contribution in [0, 0.1) is 5.92 Å². The number of hydrogen-bond acceptors (Lipinski definition) is 3. The zero-order chi connectivity index (χ0) is 14.8. The van der Waals surface area contributed by atoms with Crippen molar-refractivity contribution in [2.45, 2.75) is 19.4 Å². The lowest BCUT2D eigenvalue weighted by Crippen LogP contribution is -2.33. The van der Waals surface area contributed by atoms with Gasteiger partial charge in [-0.25, -0.2) is 0 Å². The van der Waals surface area contributed by atoms with Gasteiger partial charge < -0.3 is 15.1 Å². The van der Waals surface area contributed by atoms with E-state index in [1.54, 1.807) is 0 Å². The van der Waals surface area contributed by atoms with Crippen LogP contribution in [0.15, 0.2) is 18.2 Å². The summed E-state index contributed by atoms with van der Waals surface area (Å²) in [6, 6.07) is 6.19. The van der Waals surface area contributed by atoms with Gasteiger partial charge in [0.1, 0.15) is 0 Å². The molecule has 0 aromatic heterocycles. The third-order valence-corrected chi connectivity index (χ3v) is 4.71. The minimum atomic E-state index is 0.151. The quantitative estimate of drug-likeness (QED) is 0.912. The van der Waals surface area contributed by atoms with Crippen LogP contribution in [0.4, 0.5) is 0 Å². The van der Waals surface area contributed by atoms with Crippen LogP contribution in [0.2, 0.25) is 0 Å². The molecule has 1 fully saturated rings. The monoisotopic (exact) mass is 287 g/mol. The zero-order valence-electron chi connectivity index (χ0n) is 13.1. The van der Waals surface area contributed by atoms with Gasteiger partial charge in [-0.3, -0.25) is 4.79 Å². The molecule has 0 saturated carbocycles. The highest BCUT2D eigenvalue weighted by molar-refractivity contribution is 5.94. The molecule has 1 saturated heterocycles. The highest BCUT2D eigenvalue weighted by atomic mass is 16.2. The molecule has 21 heavy (non-hydrogen) atoms. The molecule has 1 atom stereocenters. The predicted molar refractivity (Wildman–Crippen MR) is 84.4 cm³/mol. The largest absolute Gasteiger partial charge is 0.341 e. The van der Waals surface area contributed by atoms with Gasteiger partial charge in [0.05, 0.1) is 0 Å². The summed E-state index contributed by atoms with van der Waals surface area (Å²) in [6.45, 7) is 5.03. The van der Waals surface area contributed by atoms with Crippen molar-refractivity contribution in [1.82, 2.24) is 15.1 Å². The van der Waals surface area contributed by atoms with E-state index in [1.165, 1.54) is 17.5 Å². The molecule has 0 aliphatic carbocycles. The molecule has 3 rings (SSSR count). The maximum absolute atomic E-state index is 12.6. The van der Waals surface area contributed by atoms with Gasteiger partial charge >= 0.3 is 0 Å². The van der Waals surface area contributed by atoms with Crippen molar-refractivity contribution in [2.75, 3.05) is 40.3 Å². The van der Waals surface area contributed by atoms with E-state index < -0.39 is 0 Å². The van der Waals surface area contributed by atoms with E-state index in [2.05, 4.69) is 29.4 Å². The lowest BCUT2D eigenvalue weighted by atomic mass is 9.98. The molecule has 1 N–H and O–H groups in total. The Morgan fingerprint density at radius 2 is 2.29 bits per heavy atom. The van der Waals surface area contributed by atoms with Gasteiger partial charge in [0, 0.05) is 32.2 Å². The summed E-state index contributed by atoms with van der Waals surface area (Å²) >= 11 is 0. The Balaban J connectivity index is 1.66. The lowest BCUT2D eigenvalue weighted by molar-refractivity contribution is 0.0774.